The van der Waals surface area contributed by atoms with Crippen LogP contribution in [0.1, 0.15) is 18.1 Å². The molecule has 0 aliphatic heterocycles. The number of nitrogens with two attached hydrogens (primary N) is 1. The zero-order valence-corrected chi connectivity index (χ0v) is 9.61. The number of aliphatic hydroxyl groups is 2. The van der Waals surface area contributed by atoms with Gasteiger partial charge in [-0.2, -0.15) is 0 Å². The number of primary amides is 1. The molecule has 1 aromatic heterocycles. The summed E-state index contributed by atoms with van der Waals surface area (Å²) in [6, 6.07) is 1.37. The number of nitrogens with zero attached hydrogens (tertiary/aromatic N) is 1. The van der Waals surface area contributed by atoms with E-state index in [-0.39, 0.29) is 22.2 Å². The maximum atomic E-state index is 10.6. The number of rotatable bonds is 4. The summed E-state index contributed by atoms with van der Waals surface area (Å²) >= 11 is 11.4. The molecule has 0 aromatic carbocycles. The van der Waals surface area contributed by atoms with Crippen molar-refractivity contribution in [3.63, 3.8) is 0 Å². The molecular weight excluding hydrogens is 255 g/mol. The Hall–Kier alpha value is -0.880. The smallest absolute Gasteiger partial charge is 0.220 e. The number of aliphatic hydroxyl groups excluding tert-OH is 2. The summed E-state index contributed by atoms with van der Waals surface area (Å²) in [5.74, 6) is -0.724. The third-order valence-electron chi connectivity index (χ3n) is 1.93. The highest BCUT2D eigenvalue weighted by molar-refractivity contribution is 6.32. The second kappa shape index (κ2) is 5.45. The molecule has 7 heteroatoms. The van der Waals surface area contributed by atoms with Crippen molar-refractivity contribution in [2.45, 2.75) is 18.6 Å². The summed E-state index contributed by atoms with van der Waals surface area (Å²) in [6.07, 6.45) is -1.76. The summed E-state index contributed by atoms with van der Waals surface area (Å²) < 4.78 is 0. The molecule has 88 valence electrons. The van der Waals surface area contributed by atoms with Crippen molar-refractivity contribution in [3.8, 4) is 0 Å². The number of carbonyl (C=O) groups is 1. The molecule has 0 bridgehead atoms. The molecule has 1 heterocycles. The third-order valence-corrected chi connectivity index (χ3v) is 2.45. The molecule has 1 rings (SSSR count). The lowest BCUT2D eigenvalue weighted by atomic mass is 10.0. The van der Waals surface area contributed by atoms with Crippen molar-refractivity contribution >= 4 is 29.1 Å². The van der Waals surface area contributed by atoms with Gasteiger partial charge in [-0.1, -0.05) is 23.2 Å². The minimum absolute atomic E-state index is 0.0143. The Morgan fingerprint density at radius 1 is 1.50 bits per heavy atom. The van der Waals surface area contributed by atoms with Gasteiger partial charge >= 0.3 is 0 Å². The lowest BCUT2D eigenvalue weighted by molar-refractivity contribution is -0.121. The van der Waals surface area contributed by atoms with Crippen LogP contribution in [0.3, 0.4) is 0 Å². The molecule has 0 saturated heterocycles. The molecular formula is C9H10Cl2N2O3. The standard InChI is InChI=1S/C9H10Cl2N2O3/c10-4-1-5(9(11)13-3-4)8(16)6(14)2-7(12)15/h1,3,6,8,14,16H,2H2,(H2,12,15). The van der Waals surface area contributed by atoms with E-state index in [0.29, 0.717) is 0 Å². The Kier molecular flexibility index (Phi) is 4.49. The molecule has 0 aliphatic rings. The van der Waals surface area contributed by atoms with E-state index in [0.717, 1.165) is 0 Å². The van der Waals surface area contributed by atoms with Crippen LogP contribution in [0.25, 0.3) is 0 Å². The van der Waals surface area contributed by atoms with Crippen molar-refractivity contribution in [2.24, 2.45) is 5.73 Å². The van der Waals surface area contributed by atoms with Crippen LogP contribution in [0.2, 0.25) is 10.2 Å². The highest BCUT2D eigenvalue weighted by atomic mass is 35.5. The van der Waals surface area contributed by atoms with Crippen LogP contribution in [-0.4, -0.2) is 27.2 Å². The number of amides is 1. The number of halogens is 2. The second-order valence-electron chi connectivity index (χ2n) is 3.22. The number of aromatic nitrogens is 1. The van der Waals surface area contributed by atoms with Gasteiger partial charge in [0.15, 0.2) is 0 Å². The van der Waals surface area contributed by atoms with Gasteiger partial charge in [-0.25, -0.2) is 4.98 Å². The fraction of sp³-hybridized carbons (Fsp3) is 0.333. The van der Waals surface area contributed by atoms with Crippen LogP contribution in [0.5, 0.6) is 0 Å². The van der Waals surface area contributed by atoms with Crippen molar-refractivity contribution in [1.82, 2.24) is 4.98 Å². The van der Waals surface area contributed by atoms with E-state index in [2.05, 4.69) is 4.98 Å². The zero-order valence-electron chi connectivity index (χ0n) is 8.10. The summed E-state index contributed by atoms with van der Waals surface area (Å²) in [5, 5.41) is 19.5. The van der Waals surface area contributed by atoms with Gasteiger partial charge < -0.3 is 15.9 Å². The molecule has 4 N–H and O–H groups in total. The Balaban J connectivity index is 2.90. The van der Waals surface area contributed by atoms with Crippen LogP contribution in [0.4, 0.5) is 0 Å². The minimum Gasteiger partial charge on any atom is -0.390 e. The maximum absolute atomic E-state index is 10.6. The lowest BCUT2D eigenvalue weighted by Gasteiger charge is -2.17. The van der Waals surface area contributed by atoms with Crippen LogP contribution >= 0.6 is 23.2 Å². The average molecular weight is 265 g/mol. The molecule has 0 radical (unpaired) electrons. The zero-order chi connectivity index (χ0) is 12.3. The normalized spacial score (nSPS) is 14.5. The van der Waals surface area contributed by atoms with E-state index in [1.165, 1.54) is 12.3 Å². The summed E-state index contributed by atoms with van der Waals surface area (Å²) in [6.45, 7) is 0. The van der Waals surface area contributed by atoms with E-state index in [9.17, 15) is 15.0 Å². The summed E-state index contributed by atoms with van der Waals surface area (Å²) in [7, 11) is 0. The number of hydrogen-bond donors (Lipinski definition) is 3. The Morgan fingerprint density at radius 3 is 2.69 bits per heavy atom. The van der Waals surface area contributed by atoms with E-state index < -0.39 is 18.1 Å². The highest BCUT2D eigenvalue weighted by Gasteiger charge is 2.23. The first-order valence-corrected chi connectivity index (χ1v) is 5.12. The van der Waals surface area contributed by atoms with E-state index >= 15 is 0 Å². The average Bonchev–Trinajstić information content (AvgIpc) is 2.19. The number of hydrogen-bond acceptors (Lipinski definition) is 4. The fourth-order valence-electron chi connectivity index (χ4n) is 1.17. The highest BCUT2D eigenvalue weighted by Crippen LogP contribution is 2.27. The Labute approximate surface area is 102 Å². The number of carbonyl (C=O) groups excluding carboxylic acids is 1. The van der Waals surface area contributed by atoms with Crippen LogP contribution in [0.15, 0.2) is 12.3 Å². The molecule has 1 amide bonds. The van der Waals surface area contributed by atoms with Gasteiger partial charge in [0, 0.05) is 11.8 Å². The molecule has 2 unspecified atom stereocenters. The summed E-state index contributed by atoms with van der Waals surface area (Å²) in [4.78, 5) is 14.3. The third kappa shape index (κ3) is 3.31. The largest absolute Gasteiger partial charge is 0.390 e. The first kappa shape index (κ1) is 13.2. The van der Waals surface area contributed by atoms with Crippen molar-refractivity contribution in [2.75, 3.05) is 0 Å². The van der Waals surface area contributed by atoms with Crippen molar-refractivity contribution in [1.29, 1.82) is 0 Å². The molecule has 16 heavy (non-hydrogen) atoms. The van der Waals surface area contributed by atoms with Gasteiger partial charge in [0.25, 0.3) is 0 Å². The van der Waals surface area contributed by atoms with E-state index in [1.54, 1.807) is 0 Å². The van der Waals surface area contributed by atoms with Gasteiger partial charge in [0.05, 0.1) is 17.5 Å². The molecule has 0 saturated carbocycles. The molecule has 5 nitrogen and oxygen atoms in total. The minimum atomic E-state index is -1.36. The van der Waals surface area contributed by atoms with E-state index in [4.69, 9.17) is 28.9 Å². The molecule has 1 aromatic rings. The monoisotopic (exact) mass is 264 g/mol. The maximum Gasteiger partial charge on any atom is 0.220 e. The quantitative estimate of drug-likeness (QED) is 0.696. The van der Waals surface area contributed by atoms with Gasteiger partial charge in [-0.15, -0.1) is 0 Å². The van der Waals surface area contributed by atoms with Gasteiger partial charge in [0.1, 0.15) is 11.3 Å². The summed E-state index contributed by atoms with van der Waals surface area (Å²) in [5.41, 5.74) is 5.05. The topological polar surface area (TPSA) is 96.4 Å². The number of pyridine rings is 1. The first-order valence-electron chi connectivity index (χ1n) is 4.37. The first-order chi connectivity index (χ1) is 7.41. The van der Waals surface area contributed by atoms with Gasteiger partial charge in [0.2, 0.25) is 5.91 Å². The van der Waals surface area contributed by atoms with E-state index in [1.807, 2.05) is 0 Å². The van der Waals surface area contributed by atoms with Crippen LogP contribution < -0.4 is 5.73 Å². The second-order valence-corrected chi connectivity index (χ2v) is 4.01. The Bertz CT molecular complexity index is 400. The molecule has 0 fully saturated rings. The Morgan fingerprint density at radius 2 is 2.12 bits per heavy atom. The SMILES string of the molecule is NC(=O)CC(O)C(O)c1cc(Cl)cnc1Cl. The van der Waals surface area contributed by atoms with Crippen molar-refractivity contribution in [3.05, 3.63) is 28.0 Å². The van der Waals surface area contributed by atoms with Gasteiger partial charge in [-0.05, 0) is 6.07 Å². The lowest BCUT2D eigenvalue weighted by Crippen LogP contribution is -2.26. The predicted molar refractivity (Wildman–Crippen MR) is 59.0 cm³/mol. The van der Waals surface area contributed by atoms with Crippen LogP contribution in [0, 0.1) is 0 Å². The van der Waals surface area contributed by atoms with Crippen LogP contribution in [-0.2, 0) is 4.79 Å². The molecule has 2 atom stereocenters. The fourth-order valence-corrected chi connectivity index (χ4v) is 1.55. The molecule has 0 aliphatic carbocycles. The predicted octanol–water partition coefficient (Wildman–Crippen LogP) is 0.658. The molecule has 0 spiro atoms. The van der Waals surface area contributed by atoms with Crippen molar-refractivity contribution < 1.29 is 15.0 Å². The van der Waals surface area contributed by atoms with Gasteiger partial charge in [-0.3, -0.25) is 4.79 Å².